The van der Waals surface area contributed by atoms with Crippen molar-refractivity contribution in [1.82, 2.24) is 5.43 Å². The van der Waals surface area contributed by atoms with E-state index in [1.807, 2.05) is 13.0 Å². The fraction of sp³-hybridized carbons (Fsp3) is 0.0588. The zero-order chi connectivity index (χ0) is 16.6. The van der Waals surface area contributed by atoms with Gasteiger partial charge in [-0.25, -0.2) is 5.01 Å². The largest absolute Gasteiger partial charge is 0.507 e. The number of benzene rings is 2. The molecule has 2 N–H and O–H groups in total. The number of anilines is 1. The molecule has 0 atom stereocenters. The summed E-state index contributed by atoms with van der Waals surface area (Å²) in [5.74, 6) is -0.950. The van der Waals surface area contributed by atoms with Crippen LogP contribution in [0.2, 0.25) is 0 Å². The maximum absolute atomic E-state index is 12.5. The van der Waals surface area contributed by atoms with Crippen molar-refractivity contribution in [2.75, 3.05) is 5.01 Å². The Morgan fingerprint density at radius 3 is 2.70 bits per heavy atom. The summed E-state index contributed by atoms with van der Waals surface area (Å²) in [6.45, 7) is 1.87. The van der Waals surface area contributed by atoms with Crippen molar-refractivity contribution < 1.29 is 14.7 Å². The SMILES string of the molecule is Cc1ccc(O)c(C=C2C(=O)NN(c3cccc(Br)c3)C2=O)c1. The highest BCUT2D eigenvalue weighted by Crippen LogP contribution is 2.26. The van der Waals surface area contributed by atoms with Crippen LogP contribution in [0.15, 0.2) is 52.5 Å². The Morgan fingerprint density at radius 2 is 1.96 bits per heavy atom. The number of hydrazine groups is 1. The number of nitrogens with zero attached hydrogens (tertiary/aromatic N) is 1. The van der Waals surface area contributed by atoms with Crippen LogP contribution in [0.4, 0.5) is 5.69 Å². The molecule has 2 aromatic rings. The number of hydrogen-bond acceptors (Lipinski definition) is 3. The number of phenolic OH excluding ortho intramolecular Hbond substituents is 1. The Labute approximate surface area is 141 Å². The molecule has 0 saturated carbocycles. The summed E-state index contributed by atoms with van der Waals surface area (Å²) in [6, 6.07) is 12.0. The van der Waals surface area contributed by atoms with Gasteiger partial charge in [-0.1, -0.05) is 33.6 Å². The van der Waals surface area contributed by atoms with Gasteiger partial charge in [-0.05, 0) is 43.3 Å². The summed E-state index contributed by atoms with van der Waals surface area (Å²) in [6.07, 6.45) is 1.40. The van der Waals surface area contributed by atoms with E-state index >= 15 is 0 Å². The van der Waals surface area contributed by atoms with Crippen LogP contribution in [-0.2, 0) is 9.59 Å². The normalized spacial score (nSPS) is 16.1. The van der Waals surface area contributed by atoms with E-state index in [2.05, 4.69) is 21.4 Å². The minimum Gasteiger partial charge on any atom is -0.507 e. The Kier molecular flexibility index (Phi) is 3.92. The van der Waals surface area contributed by atoms with Gasteiger partial charge in [-0.15, -0.1) is 0 Å². The maximum Gasteiger partial charge on any atom is 0.282 e. The fourth-order valence-electron chi connectivity index (χ4n) is 2.30. The van der Waals surface area contributed by atoms with E-state index in [0.29, 0.717) is 11.3 Å². The molecule has 23 heavy (non-hydrogen) atoms. The van der Waals surface area contributed by atoms with Crippen molar-refractivity contribution in [3.63, 3.8) is 0 Å². The second-order valence-corrected chi connectivity index (χ2v) is 6.10. The number of carbonyl (C=O) groups is 2. The molecule has 0 spiro atoms. The zero-order valence-corrected chi connectivity index (χ0v) is 13.8. The molecule has 1 aliphatic rings. The molecule has 6 heteroatoms. The van der Waals surface area contributed by atoms with Gasteiger partial charge in [0, 0.05) is 10.0 Å². The second-order valence-electron chi connectivity index (χ2n) is 5.18. The molecule has 116 valence electrons. The molecule has 1 fully saturated rings. The third kappa shape index (κ3) is 2.98. The van der Waals surface area contributed by atoms with Crippen LogP contribution < -0.4 is 10.4 Å². The van der Waals surface area contributed by atoms with Crippen LogP contribution in [0.3, 0.4) is 0 Å². The predicted molar refractivity (Wildman–Crippen MR) is 90.6 cm³/mol. The Hall–Kier alpha value is -2.60. The summed E-state index contributed by atoms with van der Waals surface area (Å²) < 4.78 is 0.797. The summed E-state index contributed by atoms with van der Waals surface area (Å²) in [5.41, 5.74) is 4.40. The Bertz CT molecular complexity index is 845. The topological polar surface area (TPSA) is 69.6 Å². The van der Waals surface area contributed by atoms with E-state index < -0.39 is 11.8 Å². The summed E-state index contributed by atoms with van der Waals surface area (Å²) >= 11 is 3.33. The van der Waals surface area contributed by atoms with Gasteiger partial charge in [0.1, 0.15) is 11.3 Å². The van der Waals surface area contributed by atoms with Crippen molar-refractivity contribution in [2.45, 2.75) is 6.92 Å². The van der Waals surface area contributed by atoms with Crippen LogP contribution in [0.1, 0.15) is 11.1 Å². The van der Waals surface area contributed by atoms with Gasteiger partial charge in [0.2, 0.25) is 0 Å². The number of carbonyl (C=O) groups excluding carboxylic acids is 2. The van der Waals surface area contributed by atoms with Crippen molar-refractivity contribution in [2.24, 2.45) is 0 Å². The van der Waals surface area contributed by atoms with E-state index in [4.69, 9.17) is 0 Å². The van der Waals surface area contributed by atoms with Gasteiger partial charge in [-0.3, -0.25) is 15.0 Å². The number of hydrogen-bond donors (Lipinski definition) is 2. The first kappa shape index (κ1) is 15.3. The lowest BCUT2D eigenvalue weighted by atomic mass is 10.1. The van der Waals surface area contributed by atoms with Crippen LogP contribution in [-0.4, -0.2) is 16.9 Å². The average Bonchev–Trinajstić information content (AvgIpc) is 2.79. The van der Waals surface area contributed by atoms with Gasteiger partial charge >= 0.3 is 0 Å². The second kappa shape index (κ2) is 5.89. The lowest BCUT2D eigenvalue weighted by Gasteiger charge is -2.14. The number of halogens is 1. The van der Waals surface area contributed by atoms with Gasteiger partial charge in [0.25, 0.3) is 11.8 Å². The van der Waals surface area contributed by atoms with Crippen LogP contribution in [0.5, 0.6) is 5.75 Å². The van der Waals surface area contributed by atoms with E-state index in [0.717, 1.165) is 10.0 Å². The third-order valence-electron chi connectivity index (χ3n) is 3.44. The molecule has 1 heterocycles. The van der Waals surface area contributed by atoms with E-state index in [9.17, 15) is 14.7 Å². The van der Waals surface area contributed by atoms with Gasteiger partial charge in [0.05, 0.1) is 5.69 Å². The molecular formula is C17H13BrN2O3. The third-order valence-corrected chi connectivity index (χ3v) is 3.93. The standard InChI is InChI=1S/C17H13BrN2O3/c1-10-5-6-15(21)11(7-10)8-14-16(22)19-20(17(14)23)13-4-2-3-12(18)9-13/h2-9,21H,1H3,(H,19,22). The van der Waals surface area contributed by atoms with Crippen LogP contribution in [0.25, 0.3) is 6.08 Å². The molecule has 1 saturated heterocycles. The Balaban J connectivity index is 1.99. The minimum atomic E-state index is -0.504. The van der Waals surface area contributed by atoms with Crippen LogP contribution >= 0.6 is 15.9 Å². The maximum atomic E-state index is 12.5. The highest BCUT2D eigenvalue weighted by molar-refractivity contribution is 9.10. The number of nitrogens with one attached hydrogen (secondary N) is 1. The van der Waals surface area contributed by atoms with E-state index in [1.54, 1.807) is 30.3 Å². The predicted octanol–water partition coefficient (Wildman–Crippen LogP) is 2.92. The van der Waals surface area contributed by atoms with Crippen LogP contribution in [0, 0.1) is 6.92 Å². The van der Waals surface area contributed by atoms with Gasteiger partial charge < -0.3 is 5.11 Å². The molecule has 0 radical (unpaired) electrons. The van der Waals surface area contributed by atoms with E-state index in [1.165, 1.54) is 17.2 Å². The molecule has 0 unspecified atom stereocenters. The number of aromatic hydroxyl groups is 1. The summed E-state index contributed by atoms with van der Waals surface area (Å²) in [4.78, 5) is 24.6. The lowest BCUT2D eigenvalue weighted by molar-refractivity contribution is -0.117. The molecule has 2 amide bonds. The Morgan fingerprint density at radius 1 is 1.17 bits per heavy atom. The number of amides is 2. The lowest BCUT2D eigenvalue weighted by Crippen LogP contribution is -2.35. The van der Waals surface area contributed by atoms with Gasteiger partial charge in [-0.2, -0.15) is 0 Å². The number of rotatable bonds is 2. The highest BCUT2D eigenvalue weighted by atomic mass is 79.9. The molecule has 0 aliphatic carbocycles. The zero-order valence-electron chi connectivity index (χ0n) is 12.2. The smallest absolute Gasteiger partial charge is 0.282 e. The van der Waals surface area contributed by atoms with Crippen molar-refractivity contribution in [3.8, 4) is 5.75 Å². The molecule has 3 rings (SSSR count). The number of phenols is 1. The first-order valence-electron chi connectivity index (χ1n) is 6.88. The van der Waals surface area contributed by atoms with Crippen molar-refractivity contribution in [1.29, 1.82) is 0 Å². The monoisotopic (exact) mass is 372 g/mol. The minimum absolute atomic E-state index is 0.0182. The van der Waals surface area contributed by atoms with Crippen molar-refractivity contribution >= 4 is 39.5 Å². The fourth-order valence-corrected chi connectivity index (χ4v) is 2.69. The molecular weight excluding hydrogens is 360 g/mol. The van der Waals surface area contributed by atoms with Crippen molar-refractivity contribution in [3.05, 3.63) is 63.6 Å². The average molecular weight is 373 g/mol. The van der Waals surface area contributed by atoms with E-state index in [-0.39, 0.29) is 11.3 Å². The molecule has 0 aromatic heterocycles. The molecule has 1 aliphatic heterocycles. The van der Waals surface area contributed by atoms with Gasteiger partial charge in [0.15, 0.2) is 0 Å². The molecule has 0 bridgehead atoms. The molecule has 2 aromatic carbocycles. The molecule has 5 nitrogen and oxygen atoms in total. The quantitative estimate of drug-likeness (QED) is 0.628. The number of aryl methyl sites for hydroxylation is 1. The summed E-state index contributed by atoms with van der Waals surface area (Å²) in [7, 11) is 0. The first-order valence-corrected chi connectivity index (χ1v) is 7.67. The first-order chi connectivity index (χ1) is 11.0. The summed E-state index contributed by atoms with van der Waals surface area (Å²) in [5, 5.41) is 11.1. The highest BCUT2D eigenvalue weighted by Gasteiger charge is 2.34.